The number of hydrogen-bond acceptors (Lipinski definition) is 5. The van der Waals surface area contributed by atoms with Crippen LogP contribution in [0.4, 0.5) is 5.69 Å². The van der Waals surface area contributed by atoms with Gasteiger partial charge < -0.3 is 5.32 Å². The van der Waals surface area contributed by atoms with E-state index in [2.05, 4.69) is 15.5 Å². The molecule has 1 aromatic carbocycles. The van der Waals surface area contributed by atoms with Crippen molar-refractivity contribution in [3.8, 4) is 22.0 Å². The van der Waals surface area contributed by atoms with Gasteiger partial charge in [0, 0.05) is 17.7 Å². The third-order valence-corrected chi connectivity index (χ3v) is 4.79. The van der Waals surface area contributed by atoms with Crippen LogP contribution in [0.2, 0.25) is 0 Å². The Hall–Kier alpha value is -3.06. The second kappa shape index (κ2) is 7.05. The van der Waals surface area contributed by atoms with Crippen LogP contribution in [0.3, 0.4) is 0 Å². The van der Waals surface area contributed by atoms with Crippen LogP contribution in [0, 0.1) is 0 Å². The van der Waals surface area contributed by atoms with E-state index in [1.807, 2.05) is 60.8 Å². The molecule has 4 aromatic rings. The summed E-state index contributed by atoms with van der Waals surface area (Å²) in [5.41, 5.74) is 3.18. The summed E-state index contributed by atoms with van der Waals surface area (Å²) >= 11 is 1.60. The molecule has 7 heteroatoms. The number of aromatic nitrogens is 4. The van der Waals surface area contributed by atoms with Gasteiger partial charge in [-0.25, -0.2) is 0 Å². The van der Waals surface area contributed by atoms with E-state index in [1.54, 1.807) is 15.9 Å². The molecule has 0 atom stereocenters. The van der Waals surface area contributed by atoms with Gasteiger partial charge in [0.2, 0.25) is 5.91 Å². The third-order valence-electron chi connectivity index (χ3n) is 3.92. The van der Waals surface area contributed by atoms with Gasteiger partial charge in [0.1, 0.15) is 0 Å². The molecule has 1 N–H and O–H groups in total. The zero-order valence-corrected chi connectivity index (χ0v) is 15.0. The average Bonchev–Trinajstić information content (AvgIpc) is 3.31. The summed E-state index contributed by atoms with van der Waals surface area (Å²) in [5.74, 6) is 0.746. The molecule has 0 aliphatic carbocycles. The van der Waals surface area contributed by atoms with E-state index in [4.69, 9.17) is 5.10 Å². The Balaban J connectivity index is 1.71. The normalized spacial score (nSPS) is 11.0. The van der Waals surface area contributed by atoms with Crippen molar-refractivity contribution >= 4 is 28.6 Å². The first-order valence-electron chi connectivity index (χ1n) is 8.41. The van der Waals surface area contributed by atoms with E-state index in [1.165, 1.54) is 0 Å². The second-order valence-electron chi connectivity index (χ2n) is 5.87. The number of rotatable bonds is 5. The first-order valence-corrected chi connectivity index (χ1v) is 9.29. The zero-order valence-electron chi connectivity index (χ0n) is 14.2. The Labute approximate surface area is 154 Å². The van der Waals surface area contributed by atoms with Crippen molar-refractivity contribution in [3.05, 3.63) is 53.9 Å². The number of anilines is 1. The molecular weight excluding hydrogens is 346 g/mol. The van der Waals surface area contributed by atoms with Crippen LogP contribution in [0.1, 0.15) is 19.8 Å². The van der Waals surface area contributed by atoms with Crippen LogP contribution in [-0.4, -0.2) is 25.7 Å². The molecule has 0 fully saturated rings. The predicted octanol–water partition coefficient (Wildman–Crippen LogP) is 4.26. The van der Waals surface area contributed by atoms with Crippen LogP contribution in [0.5, 0.6) is 0 Å². The SMILES string of the molecule is CCCC(=O)Nc1cccc(-c2ccc3nnc(-c4cccs4)n3n2)c1. The number of carbonyl (C=O) groups excluding carboxylic acids is 1. The molecule has 3 aromatic heterocycles. The molecule has 0 radical (unpaired) electrons. The number of nitrogens with zero attached hydrogens (tertiary/aromatic N) is 4. The molecule has 3 heterocycles. The Morgan fingerprint density at radius 2 is 2.08 bits per heavy atom. The molecule has 4 rings (SSSR count). The minimum Gasteiger partial charge on any atom is -0.326 e. The van der Waals surface area contributed by atoms with Crippen molar-refractivity contribution in [1.82, 2.24) is 19.8 Å². The van der Waals surface area contributed by atoms with Crippen molar-refractivity contribution < 1.29 is 4.79 Å². The fourth-order valence-electron chi connectivity index (χ4n) is 2.71. The third kappa shape index (κ3) is 3.21. The van der Waals surface area contributed by atoms with Crippen LogP contribution >= 0.6 is 11.3 Å². The summed E-state index contributed by atoms with van der Waals surface area (Å²) in [6.07, 6.45) is 1.34. The smallest absolute Gasteiger partial charge is 0.224 e. The van der Waals surface area contributed by atoms with E-state index in [0.717, 1.165) is 34.1 Å². The summed E-state index contributed by atoms with van der Waals surface area (Å²) in [7, 11) is 0. The largest absolute Gasteiger partial charge is 0.326 e. The first-order chi connectivity index (χ1) is 12.7. The highest BCUT2D eigenvalue weighted by Gasteiger charge is 2.12. The van der Waals surface area contributed by atoms with Crippen molar-refractivity contribution in [2.75, 3.05) is 5.32 Å². The standard InChI is InChI=1S/C19H17N5OS/c1-2-5-18(25)20-14-7-3-6-13(12-14)15-9-10-17-21-22-19(24(17)23-15)16-8-4-11-26-16/h3-4,6-12H,2,5H2,1H3,(H,20,25). The van der Waals surface area contributed by atoms with Crippen LogP contribution < -0.4 is 5.32 Å². The fourth-order valence-corrected chi connectivity index (χ4v) is 3.40. The molecule has 0 spiro atoms. The van der Waals surface area contributed by atoms with Crippen molar-refractivity contribution in [3.63, 3.8) is 0 Å². The maximum absolute atomic E-state index is 11.8. The summed E-state index contributed by atoms with van der Waals surface area (Å²) in [6.45, 7) is 1.99. The van der Waals surface area contributed by atoms with E-state index in [-0.39, 0.29) is 5.91 Å². The predicted molar refractivity (Wildman–Crippen MR) is 103 cm³/mol. The Morgan fingerprint density at radius 3 is 2.88 bits per heavy atom. The Bertz CT molecular complexity index is 1050. The molecule has 26 heavy (non-hydrogen) atoms. The minimum atomic E-state index is 0.0202. The number of hydrogen-bond donors (Lipinski definition) is 1. The maximum atomic E-state index is 11.8. The number of amides is 1. The minimum absolute atomic E-state index is 0.0202. The van der Waals surface area contributed by atoms with Crippen LogP contribution in [-0.2, 0) is 4.79 Å². The van der Waals surface area contributed by atoms with Crippen LogP contribution in [0.25, 0.3) is 27.6 Å². The molecule has 6 nitrogen and oxygen atoms in total. The zero-order chi connectivity index (χ0) is 17.9. The molecule has 130 valence electrons. The highest BCUT2D eigenvalue weighted by molar-refractivity contribution is 7.13. The van der Waals surface area contributed by atoms with E-state index >= 15 is 0 Å². The monoisotopic (exact) mass is 363 g/mol. The van der Waals surface area contributed by atoms with E-state index in [0.29, 0.717) is 12.1 Å². The number of benzene rings is 1. The maximum Gasteiger partial charge on any atom is 0.224 e. The molecular formula is C19H17N5OS. The van der Waals surface area contributed by atoms with Crippen molar-refractivity contribution in [1.29, 1.82) is 0 Å². The van der Waals surface area contributed by atoms with Gasteiger partial charge in [-0.15, -0.1) is 21.5 Å². The fraction of sp³-hybridized carbons (Fsp3) is 0.158. The number of nitrogens with one attached hydrogen (secondary N) is 1. The molecule has 0 saturated carbocycles. The van der Waals surface area contributed by atoms with Crippen molar-refractivity contribution in [2.24, 2.45) is 0 Å². The van der Waals surface area contributed by atoms with Crippen molar-refractivity contribution in [2.45, 2.75) is 19.8 Å². The van der Waals surface area contributed by atoms with E-state index in [9.17, 15) is 4.79 Å². The van der Waals surface area contributed by atoms with Gasteiger partial charge in [0.25, 0.3) is 0 Å². The molecule has 1 amide bonds. The molecule has 0 aliphatic rings. The molecule has 0 bridgehead atoms. The molecule has 0 aliphatic heterocycles. The Kier molecular flexibility index (Phi) is 4.45. The lowest BCUT2D eigenvalue weighted by Crippen LogP contribution is -2.10. The van der Waals surface area contributed by atoms with Crippen LogP contribution in [0.15, 0.2) is 53.9 Å². The average molecular weight is 363 g/mol. The Morgan fingerprint density at radius 1 is 1.15 bits per heavy atom. The summed E-state index contributed by atoms with van der Waals surface area (Å²) < 4.78 is 1.75. The summed E-state index contributed by atoms with van der Waals surface area (Å²) in [4.78, 5) is 12.8. The van der Waals surface area contributed by atoms with Gasteiger partial charge in [-0.05, 0) is 42.1 Å². The lowest BCUT2D eigenvalue weighted by atomic mass is 10.1. The lowest BCUT2D eigenvalue weighted by molar-refractivity contribution is -0.116. The highest BCUT2D eigenvalue weighted by Crippen LogP contribution is 2.25. The van der Waals surface area contributed by atoms with E-state index < -0.39 is 0 Å². The van der Waals surface area contributed by atoms with Gasteiger partial charge >= 0.3 is 0 Å². The number of thiophene rings is 1. The highest BCUT2D eigenvalue weighted by atomic mass is 32.1. The first kappa shape index (κ1) is 16.4. The number of carbonyl (C=O) groups is 1. The summed E-state index contributed by atoms with van der Waals surface area (Å²) in [6, 6.07) is 15.5. The van der Waals surface area contributed by atoms with Gasteiger partial charge in [0.05, 0.1) is 10.6 Å². The van der Waals surface area contributed by atoms with Gasteiger partial charge in [-0.1, -0.05) is 25.1 Å². The molecule has 0 saturated heterocycles. The van der Waals surface area contributed by atoms with Gasteiger partial charge in [-0.3, -0.25) is 4.79 Å². The van der Waals surface area contributed by atoms with Gasteiger partial charge in [0.15, 0.2) is 11.5 Å². The topological polar surface area (TPSA) is 72.2 Å². The lowest BCUT2D eigenvalue weighted by Gasteiger charge is -2.07. The van der Waals surface area contributed by atoms with Gasteiger partial charge in [-0.2, -0.15) is 9.61 Å². The summed E-state index contributed by atoms with van der Waals surface area (Å²) in [5, 5.41) is 18.1. The number of fused-ring (bicyclic) bond motifs is 1. The quantitative estimate of drug-likeness (QED) is 0.575. The second-order valence-corrected chi connectivity index (χ2v) is 6.82. The molecule has 0 unspecified atom stereocenters.